The first-order valence-corrected chi connectivity index (χ1v) is 6.57. The van der Waals surface area contributed by atoms with Gasteiger partial charge >= 0.3 is 0 Å². The highest BCUT2D eigenvalue weighted by molar-refractivity contribution is 7.84. The maximum atomic E-state index is 11.1. The van der Waals surface area contributed by atoms with E-state index in [0.29, 0.717) is 5.25 Å². The summed E-state index contributed by atoms with van der Waals surface area (Å²) in [5.74, 6) is 0. The van der Waals surface area contributed by atoms with Gasteiger partial charge in [-0.15, -0.1) is 0 Å². The Balaban J connectivity index is 2.13. The van der Waals surface area contributed by atoms with E-state index in [-0.39, 0.29) is 0 Å². The Bertz CT molecular complexity index is 169. The molecule has 2 atom stereocenters. The van der Waals surface area contributed by atoms with Crippen molar-refractivity contribution in [3.05, 3.63) is 0 Å². The van der Waals surface area contributed by atoms with Gasteiger partial charge in [0.2, 0.25) is 0 Å². The van der Waals surface area contributed by atoms with Gasteiger partial charge in [-0.25, -0.2) is 0 Å². The number of hydrogen-bond donors (Lipinski definition) is 1. The average Bonchev–Trinajstić information content (AvgIpc) is 2.15. The first-order chi connectivity index (χ1) is 6.20. The summed E-state index contributed by atoms with van der Waals surface area (Å²) >= 11 is 0. The van der Waals surface area contributed by atoms with Gasteiger partial charge in [0, 0.05) is 48.5 Å². The summed E-state index contributed by atoms with van der Waals surface area (Å²) in [6, 6.07) is 0. The summed E-state index contributed by atoms with van der Waals surface area (Å²) in [6.45, 7) is 7.65. The van der Waals surface area contributed by atoms with Crippen LogP contribution in [0.15, 0.2) is 0 Å². The molecule has 1 N–H and O–H groups in total. The maximum Gasteiger partial charge on any atom is 0.0329 e. The summed E-state index contributed by atoms with van der Waals surface area (Å²) in [5.41, 5.74) is 0. The highest BCUT2D eigenvalue weighted by Crippen LogP contribution is 2.02. The number of nitrogens with zero attached hydrogens (tertiary/aromatic N) is 1. The second-order valence-electron chi connectivity index (χ2n) is 3.69. The summed E-state index contributed by atoms with van der Waals surface area (Å²) in [5, 5.41) is 3.67. The van der Waals surface area contributed by atoms with Crippen LogP contribution < -0.4 is 5.32 Å². The molecule has 3 nitrogen and oxygen atoms in total. The zero-order valence-corrected chi connectivity index (χ0v) is 9.40. The monoisotopic (exact) mass is 204 g/mol. The lowest BCUT2D eigenvalue weighted by Gasteiger charge is -2.27. The summed E-state index contributed by atoms with van der Waals surface area (Å²) in [4.78, 5) is 2.44. The molecule has 0 radical (unpaired) electrons. The van der Waals surface area contributed by atoms with Crippen LogP contribution >= 0.6 is 0 Å². The minimum absolute atomic E-state index is 0.342. The topological polar surface area (TPSA) is 32.3 Å². The second kappa shape index (κ2) is 5.73. The minimum atomic E-state index is -0.657. The molecular formula is C9H20N2OS. The number of nitrogens with one attached hydrogen (secondary N) is 1. The van der Waals surface area contributed by atoms with Gasteiger partial charge in [-0.05, 0) is 13.0 Å². The standard InChI is InChI=1S/C9H20N2OS/c1-9(13(2)12)3-6-11-7-4-10-5-8-11/h9-10H,3-8H2,1-2H3. The molecule has 1 rings (SSSR count). The van der Waals surface area contributed by atoms with Gasteiger partial charge in [-0.2, -0.15) is 0 Å². The Morgan fingerprint density at radius 2 is 2.08 bits per heavy atom. The molecule has 13 heavy (non-hydrogen) atoms. The van der Waals surface area contributed by atoms with Crippen LogP contribution in [0.3, 0.4) is 0 Å². The fraction of sp³-hybridized carbons (Fsp3) is 1.00. The first-order valence-electron chi connectivity index (χ1n) is 4.95. The van der Waals surface area contributed by atoms with Gasteiger partial charge in [-0.3, -0.25) is 4.21 Å². The molecule has 1 fully saturated rings. The van der Waals surface area contributed by atoms with Gasteiger partial charge in [0.05, 0.1) is 0 Å². The number of rotatable bonds is 4. The molecule has 0 spiro atoms. The van der Waals surface area contributed by atoms with Crippen molar-refractivity contribution in [2.24, 2.45) is 0 Å². The summed E-state index contributed by atoms with van der Waals surface area (Å²) in [7, 11) is -0.657. The van der Waals surface area contributed by atoms with Crippen molar-refractivity contribution >= 4 is 10.8 Å². The van der Waals surface area contributed by atoms with Crippen molar-refractivity contribution in [1.29, 1.82) is 0 Å². The number of piperazine rings is 1. The van der Waals surface area contributed by atoms with E-state index in [9.17, 15) is 4.21 Å². The van der Waals surface area contributed by atoms with E-state index in [2.05, 4.69) is 17.1 Å². The van der Waals surface area contributed by atoms with Crippen LogP contribution in [-0.2, 0) is 10.8 Å². The van der Waals surface area contributed by atoms with E-state index in [1.54, 1.807) is 6.26 Å². The van der Waals surface area contributed by atoms with Crippen LogP contribution in [0, 0.1) is 0 Å². The Morgan fingerprint density at radius 1 is 1.46 bits per heavy atom. The van der Waals surface area contributed by atoms with Gasteiger partial charge in [0.25, 0.3) is 0 Å². The molecule has 0 aromatic carbocycles. The maximum absolute atomic E-state index is 11.1. The van der Waals surface area contributed by atoms with Crippen LogP contribution in [0.2, 0.25) is 0 Å². The fourth-order valence-electron chi connectivity index (χ4n) is 1.47. The van der Waals surface area contributed by atoms with E-state index in [1.807, 2.05) is 0 Å². The van der Waals surface area contributed by atoms with Gasteiger partial charge in [0.1, 0.15) is 0 Å². The molecule has 0 saturated carbocycles. The van der Waals surface area contributed by atoms with Gasteiger partial charge in [0.15, 0.2) is 0 Å². The molecule has 1 aliphatic rings. The van der Waals surface area contributed by atoms with Crippen molar-refractivity contribution < 1.29 is 4.21 Å². The normalized spacial score (nSPS) is 24.2. The van der Waals surface area contributed by atoms with Crippen molar-refractivity contribution in [3.63, 3.8) is 0 Å². The molecule has 4 heteroatoms. The predicted octanol–water partition coefficient (Wildman–Crippen LogP) is 0.0487. The molecule has 0 amide bonds. The van der Waals surface area contributed by atoms with Gasteiger partial charge < -0.3 is 10.2 Å². The highest BCUT2D eigenvalue weighted by Gasteiger charge is 2.12. The lowest BCUT2D eigenvalue weighted by atomic mass is 10.3. The molecule has 0 bridgehead atoms. The zero-order chi connectivity index (χ0) is 9.68. The van der Waals surface area contributed by atoms with Crippen molar-refractivity contribution in [2.75, 3.05) is 39.0 Å². The molecular weight excluding hydrogens is 184 g/mol. The quantitative estimate of drug-likeness (QED) is 0.702. The Hall–Kier alpha value is 0.0700. The molecule has 1 aliphatic heterocycles. The second-order valence-corrected chi connectivity index (χ2v) is 5.49. The predicted molar refractivity (Wildman–Crippen MR) is 57.5 cm³/mol. The minimum Gasteiger partial charge on any atom is -0.314 e. The lowest BCUT2D eigenvalue weighted by Crippen LogP contribution is -2.44. The van der Waals surface area contributed by atoms with Crippen molar-refractivity contribution in [1.82, 2.24) is 10.2 Å². The van der Waals surface area contributed by atoms with E-state index in [4.69, 9.17) is 0 Å². The molecule has 0 aliphatic carbocycles. The van der Waals surface area contributed by atoms with Crippen LogP contribution in [0.25, 0.3) is 0 Å². The van der Waals surface area contributed by atoms with Crippen LogP contribution in [0.4, 0.5) is 0 Å². The molecule has 0 aromatic rings. The molecule has 1 heterocycles. The third kappa shape index (κ3) is 4.20. The molecule has 2 unspecified atom stereocenters. The molecule has 1 saturated heterocycles. The van der Waals surface area contributed by atoms with Crippen LogP contribution in [0.1, 0.15) is 13.3 Å². The summed E-state index contributed by atoms with van der Waals surface area (Å²) in [6.07, 6.45) is 2.85. The highest BCUT2D eigenvalue weighted by atomic mass is 32.2. The molecule has 78 valence electrons. The van der Waals surface area contributed by atoms with E-state index < -0.39 is 10.8 Å². The third-order valence-corrected chi connectivity index (χ3v) is 4.00. The van der Waals surface area contributed by atoms with Crippen molar-refractivity contribution in [2.45, 2.75) is 18.6 Å². The zero-order valence-electron chi connectivity index (χ0n) is 8.58. The fourth-order valence-corrected chi connectivity index (χ4v) is 1.90. The first kappa shape index (κ1) is 11.1. The van der Waals surface area contributed by atoms with E-state index in [0.717, 1.165) is 39.1 Å². The molecule has 0 aromatic heterocycles. The summed E-state index contributed by atoms with van der Waals surface area (Å²) < 4.78 is 11.1. The Kier molecular flexibility index (Phi) is 4.91. The van der Waals surface area contributed by atoms with Gasteiger partial charge in [-0.1, -0.05) is 6.92 Å². The van der Waals surface area contributed by atoms with Crippen LogP contribution in [0.5, 0.6) is 0 Å². The Morgan fingerprint density at radius 3 is 2.62 bits per heavy atom. The largest absolute Gasteiger partial charge is 0.314 e. The van der Waals surface area contributed by atoms with Crippen LogP contribution in [-0.4, -0.2) is 53.3 Å². The number of hydrogen-bond acceptors (Lipinski definition) is 3. The Labute approximate surface area is 83.3 Å². The lowest BCUT2D eigenvalue weighted by molar-refractivity contribution is 0.238. The third-order valence-electron chi connectivity index (χ3n) is 2.63. The SMILES string of the molecule is CC(CCN1CCNCC1)S(C)=O. The van der Waals surface area contributed by atoms with E-state index in [1.165, 1.54) is 0 Å². The smallest absolute Gasteiger partial charge is 0.0329 e. The van der Waals surface area contributed by atoms with E-state index >= 15 is 0 Å². The average molecular weight is 204 g/mol. The van der Waals surface area contributed by atoms with Crippen molar-refractivity contribution in [3.8, 4) is 0 Å².